The monoisotopic (exact) mass is 344 g/mol. The topological polar surface area (TPSA) is 58.2 Å². The average Bonchev–Trinajstić information content (AvgIpc) is 2.35. The van der Waals surface area contributed by atoms with Gasteiger partial charge in [0.2, 0.25) is 5.91 Å². The molecule has 0 heterocycles. The lowest BCUT2D eigenvalue weighted by Crippen LogP contribution is -2.45. The van der Waals surface area contributed by atoms with E-state index in [0.29, 0.717) is 16.9 Å². The number of halogens is 2. The van der Waals surface area contributed by atoms with E-state index >= 15 is 0 Å². The first-order valence-corrected chi connectivity index (χ1v) is 7.14. The Hall–Kier alpha value is -1.43. The minimum Gasteiger partial charge on any atom is -0.354 e. The van der Waals surface area contributed by atoms with Crippen LogP contribution in [-0.4, -0.2) is 24.4 Å². The number of amides is 2. The van der Waals surface area contributed by atoms with Gasteiger partial charge in [0.05, 0.1) is 5.56 Å². The van der Waals surface area contributed by atoms with Gasteiger partial charge in [-0.3, -0.25) is 9.59 Å². The molecule has 1 atom stereocenters. The molecule has 0 saturated carbocycles. The van der Waals surface area contributed by atoms with Crippen LogP contribution in [0.2, 0.25) is 0 Å². The Labute approximate surface area is 126 Å². The molecule has 1 aromatic rings. The molecule has 0 fully saturated rings. The molecule has 0 saturated heterocycles. The Morgan fingerprint density at radius 1 is 1.30 bits per heavy atom. The Morgan fingerprint density at radius 2 is 1.95 bits per heavy atom. The van der Waals surface area contributed by atoms with Crippen LogP contribution in [0.25, 0.3) is 0 Å². The number of rotatable bonds is 5. The van der Waals surface area contributed by atoms with Crippen molar-refractivity contribution in [2.24, 2.45) is 5.92 Å². The molecule has 0 aliphatic carbocycles. The molecule has 0 spiro atoms. The number of nitrogens with one attached hydrogen (secondary N) is 2. The van der Waals surface area contributed by atoms with Crippen molar-refractivity contribution in [1.82, 2.24) is 10.6 Å². The molecule has 110 valence electrons. The normalized spacial score (nSPS) is 12.1. The maximum Gasteiger partial charge on any atom is 0.256 e. The van der Waals surface area contributed by atoms with Crippen LogP contribution in [0, 0.1) is 11.7 Å². The van der Waals surface area contributed by atoms with Gasteiger partial charge in [-0.1, -0.05) is 19.9 Å². The molecule has 1 aromatic carbocycles. The zero-order valence-electron chi connectivity index (χ0n) is 11.7. The van der Waals surface area contributed by atoms with Gasteiger partial charge in [-0.05, 0) is 40.9 Å². The summed E-state index contributed by atoms with van der Waals surface area (Å²) in [5, 5.41) is 5.19. The van der Waals surface area contributed by atoms with Gasteiger partial charge in [-0.2, -0.15) is 0 Å². The fourth-order valence-corrected chi connectivity index (χ4v) is 2.03. The fourth-order valence-electron chi connectivity index (χ4n) is 1.51. The Balaban J connectivity index is 2.68. The SMILES string of the molecule is CC(C)CNC(=O)C(C)NC(=O)c1c(F)cccc1Br. The van der Waals surface area contributed by atoms with Crippen molar-refractivity contribution in [3.8, 4) is 0 Å². The van der Waals surface area contributed by atoms with Gasteiger partial charge < -0.3 is 10.6 Å². The van der Waals surface area contributed by atoms with Gasteiger partial charge in [0, 0.05) is 11.0 Å². The average molecular weight is 345 g/mol. The van der Waals surface area contributed by atoms with Crippen molar-refractivity contribution >= 4 is 27.7 Å². The molecule has 6 heteroatoms. The molecule has 0 aromatic heterocycles. The quantitative estimate of drug-likeness (QED) is 0.861. The smallest absolute Gasteiger partial charge is 0.256 e. The highest BCUT2D eigenvalue weighted by Gasteiger charge is 2.20. The lowest BCUT2D eigenvalue weighted by Gasteiger charge is -2.16. The molecule has 0 radical (unpaired) electrons. The first-order valence-electron chi connectivity index (χ1n) is 6.35. The Bertz CT molecular complexity index is 486. The summed E-state index contributed by atoms with van der Waals surface area (Å²) in [7, 11) is 0. The van der Waals surface area contributed by atoms with Crippen LogP contribution in [0.1, 0.15) is 31.1 Å². The summed E-state index contributed by atoms with van der Waals surface area (Å²) < 4.78 is 14.0. The van der Waals surface area contributed by atoms with Crippen LogP contribution in [0.3, 0.4) is 0 Å². The van der Waals surface area contributed by atoms with Gasteiger partial charge in [0.25, 0.3) is 5.91 Å². The molecule has 0 aliphatic heterocycles. The zero-order chi connectivity index (χ0) is 15.3. The molecule has 2 N–H and O–H groups in total. The summed E-state index contributed by atoms with van der Waals surface area (Å²) >= 11 is 3.12. The van der Waals surface area contributed by atoms with Crippen molar-refractivity contribution in [3.63, 3.8) is 0 Å². The summed E-state index contributed by atoms with van der Waals surface area (Å²) in [4.78, 5) is 23.7. The Morgan fingerprint density at radius 3 is 2.50 bits per heavy atom. The van der Waals surface area contributed by atoms with Crippen LogP contribution in [0.15, 0.2) is 22.7 Å². The predicted molar refractivity (Wildman–Crippen MR) is 78.9 cm³/mol. The van der Waals surface area contributed by atoms with Crippen LogP contribution in [-0.2, 0) is 4.79 Å². The van der Waals surface area contributed by atoms with Gasteiger partial charge in [0.15, 0.2) is 0 Å². The lowest BCUT2D eigenvalue weighted by atomic mass is 10.1. The highest BCUT2D eigenvalue weighted by molar-refractivity contribution is 9.10. The second kappa shape index (κ2) is 7.38. The van der Waals surface area contributed by atoms with E-state index < -0.39 is 17.8 Å². The molecule has 1 rings (SSSR count). The highest BCUT2D eigenvalue weighted by Crippen LogP contribution is 2.19. The van der Waals surface area contributed by atoms with Gasteiger partial charge >= 0.3 is 0 Å². The van der Waals surface area contributed by atoms with E-state index in [0.717, 1.165) is 0 Å². The minimum absolute atomic E-state index is 0.101. The summed E-state index contributed by atoms with van der Waals surface area (Å²) in [5.41, 5.74) is -0.101. The van der Waals surface area contributed by atoms with Crippen molar-refractivity contribution < 1.29 is 14.0 Å². The van der Waals surface area contributed by atoms with E-state index in [2.05, 4.69) is 26.6 Å². The largest absolute Gasteiger partial charge is 0.354 e. The van der Waals surface area contributed by atoms with Crippen LogP contribution < -0.4 is 10.6 Å². The summed E-state index contributed by atoms with van der Waals surface area (Å²) in [5.74, 6) is -1.23. The molecule has 4 nitrogen and oxygen atoms in total. The third kappa shape index (κ3) is 4.59. The molecule has 0 aliphatic rings. The van der Waals surface area contributed by atoms with Crippen LogP contribution in [0.4, 0.5) is 4.39 Å². The third-order valence-corrected chi connectivity index (χ3v) is 3.28. The molecule has 0 bridgehead atoms. The van der Waals surface area contributed by atoms with Crippen molar-refractivity contribution in [2.75, 3.05) is 6.54 Å². The molecular formula is C14H18BrFN2O2. The van der Waals surface area contributed by atoms with E-state index in [9.17, 15) is 14.0 Å². The molecule has 2 amide bonds. The first kappa shape index (κ1) is 16.6. The minimum atomic E-state index is -0.729. The van der Waals surface area contributed by atoms with Crippen molar-refractivity contribution in [1.29, 1.82) is 0 Å². The number of benzene rings is 1. The second-order valence-corrected chi connectivity index (χ2v) is 5.79. The van der Waals surface area contributed by atoms with Crippen molar-refractivity contribution in [2.45, 2.75) is 26.8 Å². The maximum atomic E-state index is 13.6. The second-order valence-electron chi connectivity index (χ2n) is 4.93. The zero-order valence-corrected chi connectivity index (χ0v) is 13.3. The van der Waals surface area contributed by atoms with E-state index in [-0.39, 0.29) is 11.5 Å². The number of hydrogen-bond donors (Lipinski definition) is 2. The highest BCUT2D eigenvalue weighted by atomic mass is 79.9. The summed E-state index contributed by atoms with van der Waals surface area (Å²) in [6.45, 7) is 6.03. The molecular weight excluding hydrogens is 327 g/mol. The molecule has 20 heavy (non-hydrogen) atoms. The van der Waals surface area contributed by atoms with Crippen LogP contribution >= 0.6 is 15.9 Å². The summed E-state index contributed by atoms with van der Waals surface area (Å²) in [6, 6.07) is 3.53. The van der Waals surface area contributed by atoms with E-state index in [1.807, 2.05) is 13.8 Å². The molecule has 1 unspecified atom stereocenters. The lowest BCUT2D eigenvalue weighted by molar-refractivity contribution is -0.122. The van der Waals surface area contributed by atoms with E-state index in [4.69, 9.17) is 0 Å². The van der Waals surface area contributed by atoms with E-state index in [1.54, 1.807) is 13.0 Å². The standard InChI is InChI=1S/C14H18BrFN2O2/c1-8(2)7-17-13(19)9(3)18-14(20)12-10(15)5-4-6-11(12)16/h4-6,8-9H,7H2,1-3H3,(H,17,19)(H,18,20). The van der Waals surface area contributed by atoms with Crippen LogP contribution in [0.5, 0.6) is 0 Å². The summed E-state index contributed by atoms with van der Waals surface area (Å²) in [6.07, 6.45) is 0. The maximum absolute atomic E-state index is 13.6. The fraction of sp³-hybridized carbons (Fsp3) is 0.429. The number of hydrogen-bond acceptors (Lipinski definition) is 2. The van der Waals surface area contributed by atoms with Crippen molar-refractivity contribution in [3.05, 3.63) is 34.1 Å². The number of carbonyl (C=O) groups excluding carboxylic acids is 2. The van der Waals surface area contributed by atoms with Gasteiger partial charge in [-0.25, -0.2) is 4.39 Å². The van der Waals surface area contributed by atoms with Gasteiger partial charge in [0.1, 0.15) is 11.9 Å². The third-order valence-electron chi connectivity index (χ3n) is 2.62. The Kier molecular flexibility index (Phi) is 6.13. The van der Waals surface area contributed by atoms with E-state index in [1.165, 1.54) is 12.1 Å². The van der Waals surface area contributed by atoms with Gasteiger partial charge in [-0.15, -0.1) is 0 Å². The number of carbonyl (C=O) groups is 2. The predicted octanol–water partition coefficient (Wildman–Crippen LogP) is 2.48. The first-order chi connectivity index (χ1) is 9.32.